The summed E-state index contributed by atoms with van der Waals surface area (Å²) in [4.78, 5) is 22.6. The first kappa shape index (κ1) is 12.2. The SMILES string of the molecule is CCCCC(=O)COC(=O)C1CCNC1. The van der Waals surface area contributed by atoms with Crippen molar-refractivity contribution in [3.63, 3.8) is 0 Å². The van der Waals surface area contributed by atoms with Crippen LogP contribution in [0.25, 0.3) is 0 Å². The normalized spacial score (nSPS) is 20.2. The third-order valence-corrected chi connectivity index (χ3v) is 2.58. The number of Topliss-reactive ketones (excluding diaryl/α,β-unsaturated/α-hetero) is 1. The fraction of sp³-hybridized carbons (Fsp3) is 0.818. The molecule has 0 aromatic heterocycles. The number of ether oxygens (including phenoxy) is 1. The number of hydrogen-bond acceptors (Lipinski definition) is 4. The molecule has 1 unspecified atom stereocenters. The van der Waals surface area contributed by atoms with Gasteiger partial charge < -0.3 is 10.1 Å². The highest BCUT2D eigenvalue weighted by Gasteiger charge is 2.24. The van der Waals surface area contributed by atoms with E-state index in [2.05, 4.69) is 5.32 Å². The molecular formula is C11H19NO3. The maximum atomic E-state index is 11.4. The smallest absolute Gasteiger partial charge is 0.310 e. The van der Waals surface area contributed by atoms with Crippen LogP contribution in [-0.2, 0) is 14.3 Å². The molecule has 0 spiro atoms. The Morgan fingerprint density at radius 3 is 2.87 bits per heavy atom. The van der Waals surface area contributed by atoms with E-state index in [1.807, 2.05) is 6.92 Å². The van der Waals surface area contributed by atoms with Crippen molar-refractivity contribution in [3.8, 4) is 0 Å². The summed E-state index contributed by atoms with van der Waals surface area (Å²) >= 11 is 0. The maximum Gasteiger partial charge on any atom is 0.310 e. The average Bonchev–Trinajstić information content (AvgIpc) is 2.76. The lowest BCUT2D eigenvalue weighted by atomic mass is 10.1. The first-order valence-electron chi connectivity index (χ1n) is 5.63. The summed E-state index contributed by atoms with van der Waals surface area (Å²) in [5, 5.41) is 3.09. The molecule has 1 aliphatic rings. The van der Waals surface area contributed by atoms with E-state index >= 15 is 0 Å². The molecule has 0 aliphatic carbocycles. The largest absolute Gasteiger partial charge is 0.457 e. The van der Waals surface area contributed by atoms with E-state index in [-0.39, 0.29) is 24.3 Å². The number of carbonyl (C=O) groups excluding carboxylic acids is 2. The predicted octanol–water partition coefficient (Wildman–Crippen LogP) is 0.898. The Bertz CT molecular complexity index is 222. The standard InChI is InChI=1S/C11H19NO3/c1-2-3-4-10(13)8-15-11(14)9-5-6-12-7-9/h9,12H,2-8H2,1H3. The van der Waals surface area contributed by atoms with Crippen molar-refractivity contribution >= 4 is 11.8 Å². The van der Waals surface area contributed by atoms with Gasteiger partial charge in [0.15, 0.2) is 5.78 Å². The lowest BCUT2D eigenvalue weighted by Gasteiger charge is -2.08. The molecule has 15 heavy (non-hydrogen) atoms. The number of nitrogens with one attached hydrogen (secondary N) is 1. The van der Waals surface area contributed by atoms with E-state index in [0.29, 0.717) is 13.0 Å². The van der Waals surface area contributed by atoms with Crippen LogP contribution < -0.4 is 5.32 Å². The van der Waals surface area contributed by atoms with Gasteiger partial charge in [-0.1, -0.05) is 13.3 Å². The van der Waals surface area contributed by atoms with Crippen molar-refractivity contribution in [2.45, 2.75) is 32.6 Å². The van der Waals surface area contributed by atoms with Crippen LogP contribution in [0.4, 0.5) is 0 Å². The summed E-state index contributed by atoms with van der Waals surface area (Å²) in [5.74, 6) is -0.259. The van der Waals surface area contributed by atoms with Gasteiger partial charge in [-0.25, -0.2) is 0 Å². The van der Waals surface area contributed by atoms with Gasteiger partial charge in [0, 0.05) is 13.0 Å². The zero-order valence-electron chi connectivity index (χ0n) is 9.25. The van der Waals surface area contributed by atoms with Gasteiger partial charge >= 0.3 is 5.97 Å². The van der Waals surface area contributed by atoms with E-state index in [9.17, 15) is 9.59 Å². The molecule has 0 amide bonds. The van der Waals surface area contributed by atoms with Crippen LogP contribution in [0.3, 0.4) is 0 Å². The zero-order valence-corrected chi connectivity index (χ0v) is 9.25. The highest BCUT2D eigenvalue weighted by atomic mass is 16.5. The van der Waals surface area contributed by atoms with Crippen molar-refractivity contribution in [2.75, 3.05) is 19.7 Å². The van der Waals surface area contributed by atoms with Crippen LogP contribution in [0, 0.1) is 5.92 Å². The summed E-state index contributed by atoms with van der Waals surface area (Å²) in [5.41, 5.74) is 0. The molecule has 1 N–H and O–H groups in total. The van der Waals surface area contributed by atoms with E-state index < -0.39 is 0 Å². The number of ketones is 1. The van der Waals surface area contributed by atoms with Crippen LogP contribution >= 0.6 is 0 Å². The highest BCUT2D eigenvalue weighted by Crippen LogP contribution is 2.09. The molecule has 0 aromatic carbocycles. The van der Waals surface area contributed by atoms with Gasteiger partial charge in [-0.2, -0.15) is 0 Å². The van der Waals surface area contributed by atoms with Crippen LogP contribution in [0.5, 0.6) is 0 Å². The molecule has 86 valence electrons. The molecule has 0 radical (unpaired) electrons. The monoisotopic (exact) mass is 213 g/mol. The third-order valence-electron chi connectivity index (χ3n) is 2.58. The molecule has 0 aromatic rings. The topological polar surface area (TPSA) is 55.4 Å². The van der Waals surface area contributed by atoms with Crippen LogP contribution in [0.15, 0.2) is 0 Å². The fourth-order valence-corrected chi connectivity index (χ4v) is 1.57. The van der Waals surface area contributed by atoms with Crippen LogP contribution in [-0.4, -0.2) is 31.4 Å². The van der Waals surface area contributed by atoms with Crippen molar-refractivity contribution < 1.29 is 14.3 Å². The molecule has 1 atom stereocenters. The molecule has 1 fully saturated rings. The van der Waals surface area contributed by atoms with Crippen LogP contribution in [0.2, 0.25) is 0 Å². The second-order valence-electron chi connectivity index (χ2n) is 3.94. The minimum absolute atomic E-state index is 0.0242. The maximum absolute atomic E-state index is 11.4. The second kappa shape index (κ2) is 6.56. The van der Waals surface area contributed by atoms with Gasteiger partial charge in [0.25, 0.3) is 0 Å². The molecule has 1 saturated heterocycles. The summed E-state index contributed by atoms with van der Waals surface area (Å²) in [7, 11) is 0. The Morgan fingerprint density at radius 2 is 2.27 bits per heavy atom. The van der Waals surface area contributed by atoms with Gasteiger partial charge in [-0.3, -0.25) is 9.59 Å². The molecule has 0 bridgehead atoms. The van der Waals surface area contributed by atoms with Crippen molar-refractivity contribution in [1.82, 2.24) is 5.32 Å². The first-order chi connectivity index (χ1) is 7.24. The molecule has 1 aliphatic heterocycles. The lowest BCUT2D eigenvalue weighted by molar-refractivity contribution is -0.151. The summed E-state index contributed by atoms with van der Waals surface area (Å²) in [6.45, 7) is 3.53. The first-order valence-corrected chi connectivity index (χ1v) is 5.63. The Labute approximate surface area is 90.4 Å². The van der Waals surface area contributed by atoms with E-state index in [4.69, 9.17) is 4.74 Å². The van der Waals surface area contributed by atoms with Gasteiger partial charge in [-0.05, 0) is 19.4 Å². The molecule has 1 heterocycles. The van der Waals surface area contributed by atoms with Crippen molar-refractivity contribution in [1.29, 1.82) is 0 Å². The minimum Gasteiger partial charge on any atom is -0.457 e. The zero-order chi connectivity index (χ0) is 11.1. The number of unbranched alkanes of at least 4 members (excludes halogenated alkanes) is 1. The van der Waals surface area contributed by atoms with Gasteiger partial charge in [0.05, 0.1) is 5.92 Å². The summed E-state index contributed by atoms with van der Waals surface area (Å²) < 4.78 is 4.96. The second-order valence-corrected chi connectivity index (χ2v) is 3.94. The Morgan fingerprint density at radius 1 is 1.47 bits per heavy atom. The average molecular weight is 213 g/mol. The number of hydrogen-bond donors (Lipinski definition) is 1. The van der Waals surface area contributed by atoms with E-state index in [1.54, 1.807) is 0 Å². The van der Waals surface area contributed by atoms with Crippen molar-refractivity contribution in [2.24, 2.45) is 5.92 Å². The molecule has 4 heteroatoms. The highest BCUT2D eigenvalue weighted by molar-refractivity contribution is 5.83. The van der Waals surface area contributed by atoms with Crippen molar-refractivity contribution in [3.05, 3.63) is 0 Å². The number of esters is 1. The number of carbonyl (C=O) groups is 2. The summed E-state index contributed by atoms with van der Waals surface area (Å²) in [6.07, 6.45) is 3.21. The Balaban J connectivity index is 2.12. The van der Waals surface area contributed by atoms with E-state index in [0.717, 1.165) is 25.8 Å². The van der Waals surface area contributed by atoms with Gasteiger partial charge in [0.2, 0.25) is 0 Å². The predicted molar refractivity (Wildman–Crippen MR) is 56.5 cm³/mol. The molecule has 1 rings (SSSR count). The van der Waals surface area contributed by atoms with E-state index in [1.165, 1.54) is 0 Å². The molecular weight excluding hydrogens is 194 g/mol. The quantitative estimate of drug-likeness (QED) is 0.666. The Kier molecular flexibility index (Phi) is 5.32. The minimum atomic E-state index is -0.232. The summed E-state index contributed by atoms with van der Waals surface area (Å²) in [6, 6.07) is 0. The molecule has 0 saturated carbocycles. The molecule has 4 nitrogen and oxygen atoms in total. The van der Waals surface area contributed by atoms with Gasteiger partial charge in [0.1, 0.15) is 6.61 Å². The lowest BCUT2D eigenvalue weighted by Crippen LogP contribution is -2.23. The number of rotatable bonds is 6. The third kappa shape index (κ3) is 4.42. The van der Waals surface area contributed by atoms with Crippen LogP contribution in [0.1, 0.15) is 32.6 Å². The van der Waals surface area contributed by atoms with Gasteiger partial charge in [-0.15, -0.1) is 0 Å². The Hall–Kier alpha value is -0.900. The fourth-order valence-electron chi connectivity index (χ4n) is 1.57.